The van der Waals surface area contributed by atoms with Crippen LogP contribution in [0.4, 0.5) is 0 Å². The lowest BCUT2D eigenvalue weighted by molar-refractivity contribution is 0.180. The molecule has 1 saturated carbocycles. The van der Waals surface area contributed by atoms with E-state index in [4.69, 9.17) is 4.74 Å². The number of sulfonamides is 1. The molecule has 1 aliphatic carbocycles. The van der Waals surface area contributed by atoms with Crippen molar-refractivity contribution in [1.29, 1.82) is 0 Å². The summed E-state index contributed by atoms with van der Waals surface area (Å²) in [5.41, 5.74) is 0. The molecular weight excluding hydrogens is 481 g/mol. The molecule has 0 unspecified atom stereocenters. The molecule has 27 heavy (non-hydrogen) atoms. The van der Waals surface area contributed by atoms with Crippen LogP contribution in [0.1, 0.15) is 32.6 Å². The minimum Gasteiger partial charge on any atom is -0.385 e. The molecule has 0 atom stereocenters. The second kappa shape index (κ2) is 15.7. The Morgan fingerprint density at radius 3 is 2.59 bits per heavy atom. The Hall–Kier alpha value is -0.170. The Morgan fingerprint density at radius 1 is 1.26 bits per heavy atom. The first-order chi connectivity index (χ1) is 12.5. The minimum atomic E-state index is -3.23. The van der Waals surface area contributed by atoms with Gasteiger partial charge in [0.15, 0.2) is 5.96 Å². The van der Waals surface area contributed by atoms with Crippen LogP contribution in [0.3, 0.4) is 0 Å². The molecule has 0 radical (unpaired) electrons. The lowest BCUT2D eigenvalue weighted by Gasteiger charge is -2.25. The molecule has 0 saturated heterocycles. The standard InChI is InChI=1S/C17H37N5O3S.HI/c1-4-18-17(19-9-12-22(2)11-6-13-25-3)20-10-14-26(23,24)21-15-16-7-5-8-16;/h16,21H,4-15H2,1-3H3,(H2,18,19,20);1H. The van der Waals surface area contributed by atoms with Crippen molar-refractivity contribution in [2.75, 3.05) is 65.8 Å². The first-order valence-electron chi connectivity index (χ1n) is 9.64. The van der Waals surface area contributed by atoms with Crippen LogP contribution in [-0.2, 0) is 14.8 Å². The molecule has 0 amide bonds. The van der Waals surface area contributed by atoms with Gasteiger partial charge in [-0.25, -0.2) is 13.1 Å². The SMILES string of the molecule is CCNC(=NCCN(C)CCCOC)NCCS(=O)(=O)NCC1CCC1.I. The summed E-state index contributed by atoms with van der Waals surface area (Å²) in [7, 11) is 0.546. The van der Waals surface area contributed by atoms with E-state index in [1.54, 1.807) is 7.11 Å². The number of hydrogen-bond acceptors (Lipinski definition) is 5. The van der Waals surface area contributed by atoms with Gasteiger partial charge in [0.25, 0.3) is 0 Å². The Bertz CT molecular complexity index is 501. The van der Waals surface area contributed by atoms with Crippen LogP contribution in [0.25, 0.3) is 0 Å². The van der Waals surface area contributed by atoms with E-state index in [2.05, 4.69) is 32.3 Å². The van der Waals surface area contributed by atoms with E-state index in [0.717, 1.165) is 45.5 Å². The second-order valence-electron chi connectivity index (χ2n) is 6.80. The van der Waals surface area contributed by atoms with Gasteiger partial charge >= 0.3 is 0 Å². The van der Waals surface area contributed by atoms with Gasteiger partial charge in [-0.2, -0.15) is 0 Å². The summed E-state index contributed by atoms with van der Waals surface area (Å²) in [6.45, 7) is 6.89. The number of hydrogen-bond donors (Lipinski definition) is 3. The first-order valence-corrected chi connectivity index (χ1v) is 11.3. The number of rotatable bonds is 14. The van der Waals surface area contributed by atoms with Crippen LogP contribution in [0.2, 0.25) is 0 Å². The van der Waals surface area contributed by atoms with E-state index in [9.17, 15) is 8.42 Å². The molecule has 0 bridgehead atoms. The topological polar surface area (TPSA) is 95.1 Å². The fraction of sp³-hybridized carbons (Fsp3) is 0.941. The largest absolute Gasteiger partial charge is 0.385 e. The molecule has 0 aromatic rings. The number of methoxy groups -OCH3 is 1. The Morgan fingerprint density at radius 2 is 2.00 bits per heavy atom. The predicted octanol–water partition coefficient (Wildman–Crippen LogP) is 0.847. The summed E-state index contributed by atoms with van der Waals surface area (Å²) in [6.07, 6.45) is 4.49. The van der Waals surface area contributed by atoms with Crippen molar-refractivity contribution >= 4 is 40.0 Å². The van der Waals surface area contributed by atoms with Gasteiger partial charge < -0.3 is 20.3 Å². The zero-order valence-electron chi connectivity index (χ0n) is 17.0. The zero-order chi connectivity index (χ0) is 19.3. The molecule has 0 aromatic heterocycles. The third-order valence-corrected chi connectivity index (χ3v) is 5.81. The maximum atomic E-state index is 12.0. The summed E-state index contributed by atoms with van der Waals surface area (Å²) >= 11 is 0. The number of ether oxygens (including phenoxy) is 1. The summed E-state index contributed by atoms with van der Waals surface area (Å²) < 4.78 is 31.8. The van der Waals surface area contributed by atoms with Crippen LogP contribution < -0.4 is 15.4 Å². The second-order valence-corrected chi connectivity index (χ2v) is 8.73. The van der Waals surface area contributed by atoms with Crippen LogP contribution in [0.5, 0.6) is 0 Å². The van der Waals surface area contributed by atoms with Crippen molar-refractivity contribution in [3.8, 4) is 0 Å². The molecule has 1 rings (SSSR count). The molecule has 1 fully saturated rings. The Labute approximate surface area is 182 Å². The number of nitrogens with one attached hydrogen (secondary N) is 3. The Balaban J connectivity index is 0.00000676. The molecule has 3 N–H and O–H groups in total. The van der Waals surface area contributed by atoms with E-state index in [1.165, 1.54) is 6.42 Å². The third kappa shape index (κ3) is 13.6. The molecule has 0 aromatic carbocycles. The number of likely N-dealkylation sites (N-methyl/N-ethyl adjacent to an activating group) is 1. The molecule has 10 heteroatoms. The molecule has 0 aliphatic heterocycles. The maximum Gasteiger partial charge on any atom is 0.213 e. The van der Waals surface area contributed by atoms with Crippen molar-refractivity contribution in [1.82, 2.24) is 20.3 Å². The van der Waals surface area contributed by atoms with Crippen LogP contribution >= 0.6 is 24.0 Å². The summed E-state index contributed by atoms with van der Waals surface area (Å²) in [5, 5.41) is 6.25. The van der Waals surface area contributed by atoms with Crippen molar-refractivity contribution in [3.05, 3.63) is 0 Å². The average Bonchev–Trinajstić information content (AvgIpc) is 2.53. The fourth-order valence-corrected chi connectivity index (χ4v) is 3.59. The number of halogens is 1. The summed E-state index contributed by atoms with van der Waals surface area (Å²) in [4.78, 5) is 6.71. The average molecular weight is 519 g/mol. The highest BCUT2D eigenvalue weighted by Crippen LogP contribution is 2.25. The van der Waals surface area contributed by atoms with Gasteiger partial charge in [0, 0.05) is 46.4 Å². The predicted molar refractivity (Wildman–Crippen MR) is 123 cm³/mol. The van der Waals surface area contributed by atoms with E-state index < -0.39 is 10.0 Å². The van der Waals surface area contributed by atoms with Gasteiger partial charge in [-0.05, 0) is 39.2 Å². The maximum absolute atomic E-state index is 12.0. The smallest absolute Gasteiger partial charge is 0.213 e. The first kappa shape index (κ1) is 26.8. The highest BCUT2D eigenvalue weighted by atomic mass is 127. The minimum absolute atomic E-state index is 0. The van der Waals surface area contributed by atoms with E-state index in [0.29, 0.717) is 31.5 Å². The molecule has 162 valence electrons. The van der Waals surface area contributed by atoms with Gasteiger partial charge in [0.2, 0.25) is 10.0 Å². The van der Waals surface area contributed by atoms with Crippen molar-refractivity contribution < 1.29 is 13.2 Å². The highest BCUT2D eigenvalue weighted by Gasteiger charge is 2.20. The van der Waals surface area contributed by atoms with Crippen molar-refractivity contribution in [2.45, 2.75) is 32.6 Å². The molecule has 1 aliphatic rings. The van der Waals surface area contributed by atoms with Crippen molar-refractivity contribution in [3.63, 3.8) is 0 Å². The monoisotopic (exact) mass is 519 g/mol. The normalized spacial score (nSPS) is 15.3. The van der Waals surface area contributed by atoms with E-state index in [-0.39, 0.29) is 29.7 Å². The van der Waals surface area contributed by atoms with Gasteiger partial charge in [0.05, 0.1) is 12.3 Å². The summed E-state index contributed by atoms with van der Waals surface area (Å²) in [6, 6.07) is 0. The summed E-state index contributed by atoms with van der Waals surface area (Å²) in [5.74, 6) is 1.24. The van der Waals surface area contributed by atoms with Crippen LogP contribution in [0.15, 0.2) is 4.99 Å². The quantitative estimate of drug-likeness (QED) is 0.136. The van der Waals surface area contributed by atoms with Gasteiger partial charge in [-0.1, -0.05) is 6.42 Å². The molecule has 8 nitrogen and oxygen atoms in total. The van der Waals surface area contributed by atoms with E-state index >= 15 is 0 Å². The van der Waals surface area contributed by atoms with Crippen molar-refractivity contribution in [2.24, 2.45) is 10.9 Å². The van der Waals surface area contributed by atoms with E-state index in [1.807, 2.05) is 6.92 Å². The zero-order valence-corrected chi connectivity index (χ0v) is 20.1. The van der Waals surface area contributed by atoms with Gasteiger partial charge in [-0.3, -0.25) is 4.99 Å². The van der Waals surface area contributed by atoms with Crippen LogP contribution in [0, 0.1) is 5.92 Å². The van der Waals surface area contributed by atoms with Gasteiger partial charge in [0.1, 0.15) is 0 Å². The van der Waals surface area contributed by atoms with Crippen LogP contribution in [-0.4, -0.2) is 85.1 Å². The molecule has 0 heterocycles. The Kier molecular flexibility index (Phi) is 15.6. The fourth-order valence-electron chi connectivity index (χ4n) is 2.58. The number of nitrogens with zero attached hydrogens (tertiary/aromatic N) is 2. The third-order valence-electron chi connectivity index (χ3n) is 4.46. The lowest BCUT2D eigenvalue weighted by atomic mass is 9.86. The number of guanidine groups is 1. The van der Waals surface area contributed by atoms with Gasteiger partial charge in [-0.15, -0.1) is 24.0 Å². The molecule has 0 spiro atoms. The number of aliphatic imine (C=N–C) groups is 1. The lowest BCUT2D eigenvalue weighted by Crippen LogP contribution is -2.42. The highest BCUT2D eigenvalue weighted by molar-refractivity contribution is 14.0. The molecular formula is C17H38IN5O3S.